The van der Waals surface area contributed by atoms with Gasteiger partial charge in [-0.3, -0.25) is 0 Å². The van der Waals surface area contributed by atoms with Crippen LogP contribution in [0.5, 0.6) is 0 Å². The molecule has 2 rings (SSSR count). The third-order valence-electron chi connectivity index (χ3n) is 5.65. The lowest BCUT2D eigenvalue weighted by molar-refractivity contribution is -0.0383. The first-order valence-corrected chi connectivity index (χ1v) is 8.67. The van der Waals surface area contributed by atoms with Crippen LogP contribution in [0.15, 0.2) is 0 Å². The minimum absolute atomic E-state index is 0.375. The zero-order valence-corrected chi connectivity index (χ0v) is 13.9. The van der Waals surface area contributed by atoms with Crippen molar-refractivity contribution < 1.29 is 5.11 Å². The SMILES string of the molecule is CC.CC1CC(C)(C)C(CCCO)C2CCCCC12. The van der Waals surface area contributed by atoms with Gasteiger partial charge in [-0.25, -0.2) is 0 Å². The first-order chi connectivity index (χ1) is 9.06. The molecule has 2 fully saturated rings. The van der Waals surface area contributed by atoms with Crippen LogP contribution in [0.1, 0.15) is 79.6 Å². The summed E-state index contributed by atoms with van der Waals surface area (Å²) in [6, 6.07) is 0. The van der Waals surface area contributed by atoms with Gasteiger partial charge in [-0.1, -0.05) is 47.5 Å². The zero-order valence-electron chi connectivity index (χ0n) is 13.9. The largest absolute Gasteiger partial charge is 0.396 e. The van der Waals surface area contributed by atoms with Gasteiger partial charge in [0, 0.05) is 6.61 Å². The standard InChI is InChI=1S/C16H30O.C2H6/c1-12-11-16(2,3)15(9-6-10-17)14-8-5-4-7-13(12)14;1-2/h12-15,17H,4-11H2,1-3H3;1-2H3. The van der Waals surface area contributed by atoms with Crippen LogP contribution < -0.4 is 0 Å². The smallest absolute Gasteiger partial charge is 0.0431 e. The van der Waals surface area contributed by atoms with E-state index in [9.17, 15) is 0 Å². The van der Waals surface area contributed by atoms with E-state index in [1.165, 1.54) is 38.5 Å². The van der Waals surface area contributed by atoms with Crippen LogP contribution in [-0.4, -0.2) is 11.7 Å². The molecule has 2 saturated carbocycles. The summed E-state index contributed by atoms with van der Waals surface area (Å²) in [5, 5.41) is 9.12. The van der Waals surface area contributed by atoms with Crippen LogP contribution >= 0.6 is 0 Å². The van der Waals surface area contributed by atoms with Crippen molar-refractivity contribution in [2.75, 3.05) is 6.61 Å². The second-order valence-electron chi connectivity index (χ2n) is 7.25. The Bertz CT molecular complexity index is 246. The van der Waals surface area contributed by atoms with Crippen LogP contribution in [0.2, 0.25) is 0 Å². The number of aliphatic hydroxyl groups is 1. The molecular formula is C18H36O. The Labute approximate surface area is 121 Å². The molecule has 0 bridgehead atoms. The second-order valence-corrected chi connectivity index (χ2v) is 7.25. The quantitative estimate of drug-likeness (QED) is 0.739. The topological polar surface area (TPSA) is 20.2 Å². The van der Waals surface area contributed by atoms with Crippen molar-refractivity contribution >= 4 is 0 Å². The van der Waals surface area contributed by atoms with Crippen molar-refractivity contribution in [2.45, 2.75) is 79.6 Å². The van der Waals surface area contributed by atoms with E-state index >= 15 is 0 Å². The third kappa shape index (κ3) is 3.97. The first-order valence-electron chi connectivity index (χ1n) is 8.67. The van der Waals surface area contributed by atoms with E-state index in [2.05, 4.69) is 20.8 Å². The molecule has 1 heteroatoms. The Balaban J connectivity index is 0.000000861. The van der Waals surface area contributed by atoms with Crippen LogP contribution in [0, 0.1) is 29.1 Å². The third-order valence-corrected chi connectivity index (χ3v) is 5.65. The maximum atomic E-state index is 9.12. The second kappa shape index (κ2) is 7.67. The minimum Gasteiger partial charge on any atom is -0.396 e. The molecule has 0 amide bonds. The molecule has 0 aromatic rings. The lowest BCUT2D eigenvalue weighted by Crippen LogP contribution is -2.45. The molecule has 0 heterocycles. The first kappa shape index (κ1) is 17.0. The molecule has 2 aliphatic carbocycles. The Morgan fingerprint density at radius 1 is 1.05 bits per heavy atom. The van der Waals surface area contributed by atoms with Gasteiger partial charge in [0.15, 0.2) is 0 Å². The van der Waals surface area contributed by atoms with Crippen LogP contribution in [0.25, 0.3) is 0 Å². The molecule has 0 radical (unpaired) electrons. The monoisotopic (exact) mass is 268 g/mol. The summed E-state index contributed by atoms with van der Waals surface area (Å²) in [6.07, 6.45) is 9.47. The summed E-state index contributed by atoms with van der Waals surface area (Å²) < 4.78 is 0. The van der Waals surface area contributed by atoms with E-state index in [0.29, 0.717) is 12.0 Å². The van der Waals surface area contributed by atoms with Crippen LogP contribution in [0.4, 0.5) is 0 Å². The molecule has 114 valence electrons. The maximum absolute atomic E-state index is 9.12. The van der Waals surface area contributed by atoms with E-state index in [0.717, 1.165) is 30.1 Å². The van der Waals surface area contributed by atoms with Gasteiger partial charge in [-0.15, -0.1) is 0 Å². The van der Waals surface area contributed by atoms with Crippen molar-refractivity contribution in [3.05, 3.63) is 0 Å². The Kier molecular flexibility index (Phi) is 6.86. The number of hydrogen-bond donors (Lipinski definition) is 1. The molecule has 1 N–H and O–H groups in total. The van der Waals surface area contributed by atoms with Gasteiger partial charge in [0.05, 0.1) is 0 Å². The van der Waals surface area contributed by atoms with Gasteiger partial charge in [0.2, 0.25) is 0 Å². The molecule has 19 heavy (non-hydrogen) atoms. The fourth-order valence-electron chi connectivity index (χ4n) is 5.02. The molecular weight excluding hydrogens is 232 g/mol. The van der Waals surface area contributed by atoms with E-state index in [1.807, 2.05) is 13.8 Å². The summed E-state index contributed by atoms with van der Waals surface area (Å²) in [4.78, 5) is 0. The molecule has 0 saturated heterocycles. The molecule has 4 atom stereocenters. The number of aliphatic hydroxyl groups excluding tert-OH is 1. The van der Waals surface area contributed by atoms with Crippen molar-refractivity contribution in [3.63, 3.8) is 0 Å². The van der Waals surface area contributed by atoms with Gasteiger partial charge in [0.1, 0.15) is 0 Å². The predicted molar refractivity (Wildman–Crippen MR) is 84.2 cm³/mol. The predicted octanol–water partition coefficient (Wildman–Crippen LogP) is 5.27. The molecule has 0 aromatic heterocycles. The fourth-order valence-corrected chi connectivity index (χ4v) is 5.02. The highest BCUT2D eigenvalue weighted by Crippen LogP contribution is 2.55. The molecule has 1 nitrogen and oxygen atoms in total. The van der Waals surface area contributed by atoms with Gasteiger partial charge >= 0.3 is 0 Å². The van der Waals surface area contributed by atoms with Crippen molar-refractivity contribution in [1.82, 2.24) is 0 Å². The van der Waals surface area contributed by atoms with E-state index in [4.69, 9.17) is 5.11 Å². The van der Waals surface area contributed by atoms with Gasteiger partial charge in [-0.05, 0) is 61.2 Å². The average Bonchev–Trinajstić information content (AvgIpc) is 2.40. The molecule has 4 unspecified atom stereocenters. The number of fused-ring (bicyclic) bond motifs is 1. The Morgan fingerprint density at radius 2 is 1.63 bits per heavy atom. The summed E-state index contributed by atoms with van der Waals surface area (Å²) in [6.45, 7) is 11.8. The fraction of sp³-hybridized carbons (Fsp3) is 1.00. The van der Waals surface area contributed by atoms with Crippen LogP contribution in [0.3, 0.4) is 0 Å². The van der Waals surface area contributed by atoms with Gasteiger partial charge in [0.25, 0.3) is 0 Å². The van der Waals surface area contributed by atoms with E-state index in [-0.39, 0.29) is 0 Å². The normalized spacial score (nSPS) is 36.9. The van der Waals surface area contributed by atoms with Crippen molar-refractivity contribution in [2.24, 2.45) is 29.1 Å². The van der Waals surface area contributed by atoms with Crippen LogP contribution in [-0.2, 0) is 0 Å². The van der Waals surface area contributed by atoms with Crippen molar-refractivity contribution in [3.8, 4) is 0 Å². The molecule has 0 spiro atoms. The zero-order chi connectivity index (χ0) is 14.5. The molecule has 0 aromatic carbocycles. The summed E-state index contributed by atoms with van der Waals surface area (Å²) in [5.74, 6) is 3.71. The number of hydrogen-bond acceptors (Lipinski definition) is 1. The Hall–Kier alpha value is -0.0400. The van der Waals surface area contributed by atoms with Gasteiger partial charge < -0.3 is 5.11 Å². The molecule has 2 aliphatic rings. The van der Waals surface area contributed by atoms with Gasteiger partial charge in [-0.2, -0.15) is 0 Å². The summed E-state index contributed by atoms with van der Waals surface area (Å²) in [7, 11) is 0. The minimum atomic E-state index is 0.375. The lowest BCUT2D eigenvalue weighted by Gasteiger charge is -2.53. The van der Waals surface area contributed by atoms with E-state index in [1.54, 1.807) is 0 Å². The highest BCUT2D eigenvalue weighted by atomic mass is 16.2. The molecule has 0 aliphatic heterocycles. The maximum Gasteiger partial charge on any atom is 0.0431 e. The van der Waals surface area contributed by atoms with E-state index < -0.39 is 0 Å². The summed E-state index contributed by atoms with van der Waals surface area (Å²) in [5.41, 5.74) is 0.493. The Morgan fingerprint density at radius 3 is 2.21 bits per heavy atom. The number of rotatable bonds is 3. The highest BCUT2D eigenvalue weighted by molar-refractivity contribution is 4.96. The lowest BCUT2D eigenvalue weighted by atomic mass is 9.52. The summed E-state index contributed by atoms with van der Waals surface area (Å²) >= 11 is 0. The highest BCUT2D eigenvalue weighted by Gasteiger charge is 2.46. The average molecular weight is 268 g/mol. The van der Waals surface area contributed by atoms with Crippen molar-refractivity contribution in [1.29, 1.82) is 0 Å².